The first-order valence-electron chi connectivity index (χ1n) is 4.50. The fraction of sp³-hybridized carbons (Fsp3) is 0. The van der Waals surface area contributed by atoms with E-state index in [2.05, 4.69) is 10.1 Å². The van der Waals surface area contributed by atoms with Crippen LogP contribution < -0.4 is 0 Å². The maximum Gasteiger partial charge on any atom is 0.339 e. The fourth-order valence-corrected chi connectivity index (χ4v) is 1.57. The zero-order valence-electron chi connectivity index (χ0n) is 8.37. The summed E-state index contributed by atoms with van der Waals surface area (Å²) in [6.45, 7) is 0. The van der Waals surface area contributed by atoms with Gasteiger partial charge >= 0.3 is 5.97 Å². The van der Waals surface area contributed by atoms with Gasteiger partial charge in [-0.1, -0.05) is 11.6 Å². The van der Waals surface area contributed by atoms with Gasteiger partial charge in [0.25, 0.3) is 0 Å². The van der Waals surface area contributed by atoms with Crippen LogP contribution in [0.25, 0.3) is 5.69 Å². The Kier molecular flexibility index (Phi) is 2.88. The standard InChI is InChI=1S/C10H6ClN3O3/c11-7-2-12-3-8(9(7)10(16)17)14-4-6(5-15)1-13-14/h1-5H,(H,16,17). The van der Waals surface area contributed by atoms with Gasteiger partial charge in [-0.2, -0.15) is 5.10 Å². The molecule has 2 heterocycles. The van der Waals surface area contributed by atoms with E-state index in [0.717, 1.165) is 0 Å². The molecule has 6 nitrogen and oxygen atoms in total. The summed E-state index contributed by atoms with van der Waals surface area (Å²) in [6.07, 6.45) is 5.88. The second kappa shape index (κ2) is 4.34. The van der Waals surface area contributed by atoms with E-state index < -0.39 is 5.97 Å². The lowest BCUT2D eigenvalue weighted by molar-refractivity contribution is 0.0696. The monoisotopic (exact) mass is 251 g/mol. The number of halogens is 1. The van der Waals surface area contributed by atoms with Crippen LogP contribution in [-0.4, -0.2) is 32.1 Å². The van der Waals surface area contributed by atoms with E-state index in [1.807, 2.05) is 0 Å². The average Bonchev–Trinajstić information content (AvgIpc) is 2.76. The summed E-state index contributed by atoms with van der Waals surface area (Å²) in [7, 11) is 0. The number of aromatic carboxylic acids is 1. The largest absolute Gasteiger partial charge is 0.478 e. The molecule has 0 aliphatic carbocycles. The van der Waals surface area contributed by atoms with Crippen LogP contribution in [0.15, 0.2) is 24.8 Å². The van der Waals surface area contributed by atoms with Crippen LogP contribution in [-0.2, 0) is 0 Å². The second-order valence-electron chi connectivity index (χ2n) is 3.16. The first kappa shape index (κ1) is 11.3. The highest BCUT2D eigenvalue weighted by molar-refractivity contribution is 6.33. The predicted octanol–water partition coefficient (Wildman–Crippen LogP) is 1.43. The van der Waals surface area contributed by atoms with Crippen molar-refractivity contribution in [2.45, 2.75) is 0 Å². The Morgan fingerprint density at radius 1 is 1.41 bits per heavy atom. The van der Waals surface area contributed by atoms with E-state index in [-0.39, 0.29) is 16.3 Å². The van der Waals surface area contributed by atoms with Crippen molar-refractivity contribution in [3.05, 3.63) is 40.9 Å². The molecule has 0 aliphatic heterocycles. The van der Waals surface area contributed by atoms with Crippen molar-refractivity contribution in [3.63, 3.8) is 0 Å². The molecule has 0 fully saturated rings. The van der Waals surface area contributed by atoms with Crippen LogP contribution >= 0.6 is 11.6 Å². The molecule has 0 aromatic carbocycles. The number of aromatic nitrogens is 3. The third-order valence-corrected chi connectivity index (χ3v) is 2.37. The molecule has 17 heavy (non-hydrogen) atoms. The zero-order valence-corrected chi connectivity index (χ0v) is 9.13. The minimum absolute atomic E-state index is 0.0122. The van der Waals surface area contributed by atoms with E-state index in [1.165, 1.54) is 29.5 Å². The van der Waals surface area contributed by atoms with Gasteiger partial charge < -0.3 is 5.11 Å². The third kappa shape index (κ3) is 2.02. The number of pyridine rings is 1. The number of carbonyl (C=O) groups excluding carboxylic acids is 1. The van der Waals surface area contributed by atoms with Gasteiger partial charge in [0.05, 0.1) is 28.7 Å². The van der Waals surface area contributed by atoms with E-state index in [4.69, 9.17) is 16.7 Å². The maximum atomic E-state index is 11.1. The van der Waals surface area contributed by atoms with E-state index in [9.17, 15) is 9.59 Å². The van der Waals surface area contributed by atoms with Crippen LogP contribution in [0.4, 0.5) is 0 Å². The quantitative estimate of drug-likeness (QED) is 0.834. The van der Waals surface area contributed by atoms with Crippen molar-refractivity contribution in [3.8, 4) is 5.69 Å². The highest BCUT2D eigenvalue weighted by Crippen LogP contribution is 2.21. The Balaban J connectivity index is 2.62. The molecule has 0 amide bonds. The van der Waals surface area contributed by atoms with Gasteiger partial charge in [0.1, 0.15) is 5.56 Å². The molecule has 86 valence electrons. The number of carboxylic acid groups (broad SMARTS) is 1. The Bertz CT molecular complexity index is 594. The molecule has 1 N–H and O–H groups in total. The lowest BCUT2D eigenvalue weighted by Crippen LogP contribution is -2.07. The number of carbonyl (C=O) groups is 2. The molecule has 0 atom stereocenters. The van der Waals surface area contributed by atoms with Crippen molar-refractivity contribution < 1.29 is 14.7 Å². The molecule has 0 unspecified atom stereocenters. The molecule has 2 aromatic rings. The zero-order chi connectivity index (χ0) is 12.4. The molecule has 0 spiro atoms. The molecule has 2 rings (SSSR count). The van der Waals surface area contributed by atoms with Crippen LogP contribution in [0, 0.1) is 0 Å². The summed E-state index contributed by atoms with van der Waals surface area (Å²) in [5.74, 6) is -1.18. The third-order valence-electron chi connectivity index (χ3n) is 2.08. The number of rotatable bonds is 3. The number of carboxylic acids is 1. The lowest BCUT2D eigenvalue weighted by Gasteiger charge is -2.06. The van der Waals surface area contributed by atoms with E-state index in [1.54, 1.807) is 0 Å². The molecule has 0 saturated carbocycles. The number of hydrogen-bond acceptors (Lipinski definition) is 4. The normalized spacial score (nSPS) is 10.2. The molecular formula is C10H6ClN3O3. The number of hydrogen-bond donors (Lipinski definition) is 1. The predicted molar refractivity (Wildman–Crippen MR) is 58.7 cm³/mol. The Morgan fingerprint density at radius 2 is 2.18 bits per heavy atom. The van der Waals surface area contributed by atoms with Crippen molar-refractivity contribution >= 4 is 23.9 Å². The summed E-state index contributed by atoms with van der Waals surface area (Å²) in [6, 6.07) is 0. The first-order valence-corrected chi connectivity index (χ1v) is 4.88. The molecule has 0 aliphatic rings. The van der Waals surface area contributed by atoms with Gasteiger partial charge in [0.2, 0.25) is 0 Å². The minimum atomic E-state index is -1.18. The van der Waals surface area contributed by atoms with Gasteiger partial charge in [0, 0.05) is 12.4 Å². The lowest BCUT2D eigenvalue weighted by atomic mass is 10.2. The number of nitrogens with zero attached hydrogens (tertiary/aromatic N) is 3. The summed E-state index contributed by atoms with van der Waals surface area (Å²) >= 11 is 5.76. The van der Waals surface area contributed by atoms with Gasteiger partial charge in [-0.05, 0) is 0 Å². The van der Waals surface area contributed by atoms with Gasteiger partial charge in [-0.25, -0.2) is 9.48 Å². The molecule has 0 bridgehead atoms. The Morgan fingerprint density at radius 3 is 2.76 bits per heavy atom. The van der Waals surface area contributed by atoms with Crippen molar-refractivity contribution in [1.82, 2.24) is 14.8 Å². The summed E-state index contributed by atoms with van der Waals surface area (Å²) < 4.78 is 1.24. The van der Waals surface area contributed by atoms with Gasteiger partial charge in [-0.15, -0.1) is 0 Å². The topological polar surface area (TPSA) is 85.1 Å². The van der Waals surface area contributed by atoms with Crippen molar-refractivity contribution in [2.75, 3.05) is 0 Å². The molecule has 7 heteroatoms. The van der Waals surface area contributed by atoms with E-state index >= 15 is 0 Å². The summed E-state index contributed by atoms with van der Waals surface area (Å²) in [5.41, 5.74) is 0.432. The molecular weight excluding hydrogens is 246 g/mol. The first-order chi connectivity index (χ1) is 8.13. The van der Waals surface area contributed by atoms with Crippen molar-refractivity contribution in [2.24, 2.45) is 0 Å². The fourth-order valence-electron chi connectivity index (χ4n) is 1.34. The number of aldehydes is 1. The van der Waals surface area contributed by atoms with Crippen molar-refractivity contribution in [1.29, 1.82) is 0 Å². The minimum Gasteiger partial charge on any atom is -0.478 e. The van der Waals surface area contributed by atoms with Crippen LogP contribution in [0.3, 0.4) is 0 Å². The average molecular weight is 252 g/mol. The summed E-state index contributed by atoms with van der Waals surface area (Å²) in [5, 5.41) is 12.9. The highest BCUT2D eigenvalue weighted by Gasteiger charge is 2.17. The second-order valence-corrected chi connectivity index (χ2v) is 3.56. The highest BCUT2D eigenvalue weighted by atomic mass is 35.5. The Hall–Kier alpha value is -2.21. The van der Waals surface area contributed by atoms with Crippen LogP contribution in [0.2, 0.25) is 5.02 Å². The van der Waals surface area contributed by atoms with Gasteiger partial charge in [-0.3, -0.25) is 9.78 Å². The maximum absolute atomic E-state index is 11.1. The van der Waals surface area contributed by atoms with Crippen LogP contribution in [0.5, 0.6) is 0 Å². The SMILES string of the molecule is O=Cc1cnn(-c2cncc(Cl)c2C(=O)O)c1. The smallest absolute Gasteiger partial charge is 0.339 e. The Labute approximate surface area is 100 Å². The molecule has 2 aromatic heterocycles. The summed E-state index contributed by atoms with van der Waals surface area (Å²) in [4.78, 5) is 25.4. The molecule has 0 radical (unpaired) electrons. The van der Waals surface area contributed by atoms with Crippen LogP contribution in [0.1, 0.15) is 20.7 Å². The van der Waals surface area contributed by atoms with E-state index in [0.29, 0.717) is 11.8 Å². The molecule has 0 saturated heterocycles. The van der Waals surface area contributed by atoms with Gasteiger partial charge in [0.15, 0.2) is 6.29 Å².